The van der Waals surface area contributed by atoms with E-state index in [1.807, 2.05) is 60.9 Å². The van der Waals surface area contributed by atoms with E-state index in [-0.39, 0.29) is 5.92 Å². The second-order valence-corrected chi connectivity index (χ2v) is 6.44. The molecule has 0 aliphatic heterocycles. The van der Waals surface area contributed by atoms with Crippen molar-refractivity contribution in [3.63, 3.8) is 0 Å². The Labute approximate surface area is 152 Å². The van der Waals surface area contributed by atoms with Gasteiger partial charge in [0.2, 0.25) is 0 Å². The lowest BCUT2D eigenvalue weighted by Crippen LogP contribution is -2.07. The largest absolute Gasteiger partial charge is 0.319 e. The predicted molar refractivity (Wildman–Crippen MR) is 101 cm³/mol. The maximum atomic E-state index is 9.53. The van der Waals surface area contributed by atoms with Crippen LogP contribution in [0, 0.1) is 22.7 Å². The van der Waals surface area contributed by atoms with E-state index in [4.69, 9.17) is 0 Å². The number of pyridine rings is 2. The highest BCUT2D eigenvalue weighted by Gasteiger charge is 2.23. The van der Waals surface area contributed by atoms with Gasteiger partial charge in [-0.05, 0) is 42.8 Å². The van der Waals surface area contributed by atoms with Gasteiger partial charge in [-0.25, -0.2) is 0 Å². The lowest BCUT2D eigenvalue weighted by molar-refractivity contribution is 0.654. The van der Waals surface area contributed by atoms with E-state index in [2.05, 4.69) is 27.9 Å². The van der Waals surface area contributed by atoms with E-state index >= 15 is 0 Å². The van der Waals surface area contributed by atoms with Gasteiger partial charge >= 0.3 is 0 Å². The number of fused-ring (bicyclic) bond motifs is 2. The Bertz CT molecular complexity index is 1090. The van der Waals surface area contributed by atoms with Crippen molar-refractivity contribution in [1.82, 2.24) is 8.80 Å². The van der Waals surface area contributed by atoms with E-state index < -0.39 is 0 Å². The second kappa shape index (κ2) is 6.43. The molecule has 0 bridgehead atoms. The second-order valence-electron chi connectivity index (χ2n) is 6.44. The fourth-order valence-electron chi connectivity index (χ4n) is 3.81. The highest BCUT2D eigenvalue weighted by Crippen LogP contribution is 2.34. The van der Waals surface area contributed by atoms with Gasteiger partial charge in [0.15, 0.2) is 0 Å². The lowest BCUT2D eigenvalue weighted by atomic mass is 9.95. The van der Waals surface area contributed by atoms with Crippen LogP contribution in [-0.4, -0.2) is 8.80 Å². The Kier molecular flexibility index (Phi) is 3.95. The standard InChI is InChI=1S/C22H18N4/c1-2-7-18(21-12-16(14-23)19-8-3-5-10-25(19)21)22-13-17(15-24)20-9-4-6-11-26(20)22/h3-6,8-13,18H,2,7H2,1H3. The molecule has 4 aromatic rings. The molecule has 0 saturated heterocycles. The first-order valence-corrected chi connectivity index (χ1v) is 8.78. The van der Waals surface area contributed by atoms with Crippen LogP contribution < -0.4 is 0 Å². The number of hydrogen-bond donors (Lipinski definition) is 0. The molecule has 0 atom stereocenters. The highest BCUT2D eigenvalue weighted by atomic mass is 14.9. The summed E-state index contributed by atoms with van der Waals surface area (Å²) >= 11 is 0. The van der Waals surface area contributed by atoms with Crippen LogP contribution in [0.15, 0.2) is 60.9 Å². The zero-order valence-electron chi connectivity index (χ0n) is 14.6. The van der Waals surface area contributed by atoms with Crippen LogP contribution in [0.2, 0.25) is 0 Å². The molecule has 4 nitrogen and oxygen atoms in total. The zero-order valence-corrected chi connectivity index (χ0v) is 14.6. The summed E-state index contributed by atoms with van der Waals surface area (Å²) in [6, 6.07) is 20.4. The van der Waals surface area contributed by atoms with Crippen molar-refractivity contribution in [3.05, 3.63) is 83.4 Å². The Balaban J connectivity index is 2.00. The fourth-order valence-corrected chi connectivity index (χ4v) is 3.81. The summed E-state index contributed by atoms with van der Waals surface area (Å²) in [6.45, 7) is 2.16. The predicted octanol–water partition coefficient (Wildman–Crippen LogP) is 4.87. The lowest BCUT2D eigenvalue weighted by Gasteiger charge is -2.17. The summed E-state index contributed by atoms with van der Waals surface area (Å²) in [4.78, 5) is 0. The molecule has 4 heteroatoms. The molecule has 0 fully saturated rings. The normalized spacial score (nSPS) is 11.1. The average Bonchev–Trinajstić information content (AvgIpc) is 3.25. The molecular formula is C22H18N4. The fraction of sp³-hybridized carbons (Fsp3) is 0.182. The van der Waals surface area contributed by atoms with Crippen molar-refractivity contribution < 1.29 is 0 Å². The molecule has 126 valence electrons. The summed E-state index contributed by atoms with van der Waals surface area (Å²) in [5.41, 5.74) is 5.39. The van der Waals surface area contributed by atoms with E-state index in [0.717, 1.165) is 35.3 Å². The van der Waals surface area contributed by atoms with Gasteiger partial charge < -0.3 is 8.80 Å². The van der Waals surface area contributed by atoms with Crippen molar-refractivity contribution in [2.75, 3.05) is 0 Å². The molecule has 4 aromatic heterocycles. The van der Waals surface area contributed by atoms with Crippen LogP contribution in [0.25, 0.3) is 11.0 Å². The van der Waals surface area contributed by atoms with Gasteiger partial charge in [-0.3, -0.25) is 0 Å². The first kappa shape index (κ1) is 16.0. The van der Waals surface area contributed by atoms with Crippen LogP contribution in [0.5, 0.6) is 0 Å². The van der Waals surface area contributed by atoms with Gasteiger partial charge in [0, 0.05) is 29.7 Å². The maximum absolute atomic E-state index is 9.53. The van der Waals surface area contributed by atoms with Gasteiger partial charge in [0.05, 0.1) is 22.2 Å². The molecular weight excluding hydrogens is 320 g/mol. The van der Waals surface area contributed by atoms with Crippen molar-refractivity contribution in [2.45, 2.75) is 25.7 Å². The summed E-state index contributed by atoms with van der Waals surface area (Å²) < 4.78 is 4.21. The Morgan fingerprint density at radius 3 is 1.77 bits per heavy atom. The smallest absolute Gasteiger partial charge is 0.101 e. The number of rotatable bonds is 4. The van der Waals surface area contributed by atoms with Crippen LogP contribution in [0.1, 0.15) is 48.2 Å². The monoisotopic (exact) mass is 338 g/mol. The molecule has 4 rings (SSSR count). The Hall–Kier alpha value is -3.50. The van der Waals surface area contributed by atoms with Crippen molar-refractivity contribution >= 4 is 11.0 Å². The van der Waals surface area contributed by atoms with E-state index in [1.54, 1.807) is 0 Å². The van der Waals surface area contributed by atoms with E-state index in [1.165, 1.54) is 0 Å². The summed E-state index contributed by atoms with van der Waals surface area (Å²) in [7, 11) is 0. The maximum Gasteiger partial charge on any atom is 0.101 e. The Morgan fingerprint density at radius 1 is 0.846 bits per heavy atom. The third-order valence-corrected chi connectivity index (χ3v) is 4.94. The van der Waals surface area contributed by atoms with Gasteiger partial charge in [0.25, 0.3) is 0 Å². The van der Waals surface area contributed by atoms with E-state index in [0.29, 0.717) is 11.1 Å². The van der Waals surface area contributed by atoms with Crippen LogP contribution in [-0.2, 0) is 0 Å². The summed E-state index contributed by atoms with van der Waals surface area (Å²) in [6.07, 6.45) is 5.97. The number of aromatic nitrogens is 2. The minimum absolute atomic E-state index is 0.106. The molecule has 26 heavy (non-hydrogen) atoms. The zero-order chi connectivity index (χ0) is 18.1. The average molecular weight is 338 g/mol. The molecule has 0 amide bonds. The van der Waals surface area contributed by atoms with Crippen molar-refractivity contribution in [2.24, 2.45) is 0 Å². The van der Waals surface area contributed by atoms with Gasteiger partial charge in [0.1, 0.15) is 12.1 Å². The number of hydrogen-bond acceptors (Lipinski definition) is 2. The SMILES string of the molecule is CCCC(c1cc(C#N)c2ccccn12)c1cc(C#N)c2ccccn12. The van der Waals surface area contributed by atoms with Crippen molar-refractivity contribution in [1.29, 1.82) is 10.5 Å². The third-order valence-electron chi connectivity index (χ3n) is 4.94. The molecule has 0 saturated carbocycles. The third kappa shape index (κ3) is 2.36. The quantitative estimate of drug-likeness (QED) is 0.533. The molecule has 0 aromatic carbocycles. The topological polar surface area (TPSA) is 56.4 Å². The molecule has 0 spiro atoms. The summed E-state index contributed by atoms with van der Waals surface area (Å²) in [5.74, 6) is 0.106. The highest BCUT2D eigenvalue weighted by molar-refractivity contribution is 5.66. The Morgan fingerprint density at radius 2 is 1.35 bits per heavy atom. The molecule has 0 radical (unpaired) electrons. The first-order valence-electron chi connectivity index (χ1n) is 8.78. The van der Waals surface area contributed by atoms with Gasteiger partial charge in [-0.15, -0.1) is 0 Å². The van der Waals surface area contributed by atoms with E-state index in [9.17, 15) is 10.5 Å². The van der Waals surface area contributed by atoms with Gasteiger partial charge in [-0.1, -0.05) is 25.5 Å². The van der Waals surface area contributed by atoms with Crippen molar-refractivity contribution in [3.8, 4) is 12.1 Å². The molecule has 0 aliphatic rings. The minimum Gasteiger partial charge on any atom is -0.319 e. The van der Waals surface area contributed by atoms with Gasteiger partial charge in [-0.2, -0.15) is 10.5 Å². The molecule has 0 aliphatic carbocycles. The number of nitrogens with zero attached hydrogens (tertiary/aromatic N) is 4. The molecule has 0 unspecified atom stereocenters. The van der Waals surface area contributed by atoms with Crippen LogP contribution in [0.3, 0.4) is 0 Å². The first-order chi connectivity index (χ1) is 12.8. The van der Waals surface area contributed by atoms with Crippen LogP contribution >= 0.6 is 0 Å². The number of nitriles is 2. The molecule has 4 heterocycles. The van der Waals surface area contributed by atoms with Crippen LogP contribution in [0.4, 0.5) is 0 Å². The minimum atomic E-state index is 0.106. The summed E-state index contributed by atoms with van der Waals surface area (Å²) in [5, 5.41) is 19.1. The molecule has 0 N–H and O–H groups in total.